The largest absolute Gasteiger partial charge is 0.232 e. The van der Waals surface area contributed by atoms with E-state index < -0.39 is 15.3 Å². The van der Waals surface area contributed by atoms with Gasteiger partial charge in [0.15, 0.2) is 0 Å². The Morgan fingerprint density at radius 2 is 2.00 bits per heavy atom. The Morgan fingerprint density at radius 3 is 2.71 bits per heavy atom. The van der Waals surface area contributed by atoms with Crippen molar-refractivity contribution in [3.63, 3.8) is 0 Å². The SMILES string of the molecule is [NH]S(=O)(=O)C1CCCc2ccccc21. The number of sulfonamides is 1. The van der Waals surface area contributed by atoms with E-state index in [-0.39, 0.29) is 0 Å². The summed E-state index contributed by atoms with van der Waals surface area (Å²) in [6.07, 6.45) is 2.38. The first-order valence-corrected chi connectivity index (χ1v) is 6.20. The van der Waals surface area contributed by atoms with Gasteiger partial charge in [-0.3, -0.25) is 0 Å². The molecule has 75 valence electrons. The molecular weight excluding hydrogens is 198 g/mol. The number of benzene rings is 1. The number of fused-ring (bicyclic) bond motifs is 1. The smallest absolute Gasteiger partial charge is 0.211 e. The third-order valence-electron chi connectivity index (χ3n) is 2.69. The van der Waals surface area contributed by atoms with E-state index in [0.717, 1.165) is 24.0 Å². The molecule has 0 saturated carbocycles. The quantitative estimate of drug-likeness (QED) is 0.708. The standard InChI is InChI=1S/C10H12NO2S/c11-14(12,13)10-7-3-5-8-4-1-2-6-9(8)10/h1-2,4,6,10-11H,3,5,7H2. The number of hydrogen-bond donors (Lipinski definition) is 0. The summed E-state index contributed by atoms with van der Waals surface area (Å²) in [5.41, 5.74) is 1.91. The number of hydrogen-bond acceptors (Lipinski definition) is 2. The van der Waals surface area contributed by atoms with Gasteiger partial charge in [0.25, 0.3) is 0 Å². The Kier molecular flexibility index (Phi) is 2.33. The van der Waals surface area contributed by atoms with Crippen molar-refractivity contribution in [2.24, 2.45) is 0 Å². The van der Waals surface area contributed by atoms with Crippen LogP contribution in [-0.4, -0.2) is 8.42 Å². The highest BCUT2D eigenvalue weighted by Crippen LogP contribution is 2.34. The molecule has 0 aromatic heterocycles. The van der Waals surface area contributed by atoms with Crippen LogP contribution in [0, 0.1) is 0 Å². The van der Waals surface area contributed by atoms with Crippen molar-refractivity contribution < 1.29 is 8.42 Å². The molecule has 2 rings (SSSR count). The number of aryl methyl sites for hydroxylation is 1. The van der Waals surface area contributed by atoms with Gasteiger partial charge in [-0.15, -0.1) is 5.14 Å². The lowest BCUT2D eigenvalue weighted by Gasteiger charge is -2.22. The van der Waals surface area contributed by atoms with Crippen molar-refractivity contribution in [1.82, 2.24) is 5.14 Å². The van der Waals surface area contributed by atoms with Crippen molar-refractivity contribution >= 4 is 10.0 Å². The molecule has 0 fully saturated rings. The van der Waals surface area contributed by atoms with Gasteiger partial charge in [0, 0.05) is 0 Å². The van der Waals surface area contributed by atoms with Crippen molar-refractivity contribution in [3.8, 4) is 0 Å². The predicted molar refractivity (Wildman–Crippen MR) is 54.1 cm³/mol. The summed E-state index contributed by atoms with van der Waals surface area (Å²) in [7, 11) is -3.69. The number of nitrogens with one attached hydrogen (secondary N) is 1. The van der Waals surface area contributed by atoms with Crippen LogP contribution < -0.4 is 5.14 Å². The second-order valence-electron chi connectivity index (χ2n) is 3.62. The fourth-order valence-electron chi connectivity index (χ4n) is 2.03. The topological polar surface area (TPSA) is 57.9 Å². The molecule has 1 aromatic carbocycles. The Balaban J connectivity index is 2.51. The van der Waals surface area contributed by atoms with Crippen LogP contribution in [0.5, 0.6) is 0 Å². The molecule has 0 spiro atoms. The lowest BCUT2D eigenvalue weighted by Crippen LogP contribution is -2.19. The van der Waals surface area contributed by atoms with E-state index in [9.17, 15) is 8.42 Å². The molecule has 14 heavy (non-hydrogen) atoms. The van der Waals surface area contributed by atoms with Crippen LogP contribution in [0.1, 0.15) is 29.2 Å². The lowest BCUT2D eigenvalue weighted by atomic mass is 9.91. The molecular formula is C10H12NO2S. The highest BCUT2D eigenvalue weighted by atomic mass is 32.2. The minimum Gasteiger partial charge on any atom is -0.211 e. The molecule has 0 heterocycles. The summed E-state index contributed by atoms with van der Waals surface area (Å²) >= 11 is 0. The average molecular weight is 210 g/mol. The minimum atomic E-state index is -3.69. The monoisotopic (exact) mass is 210 g/mol. The van der Waals surface area contributed by atoms with Gasteiger partial charge in [-0.1, -0.05) is 24.3 Å². The van der Waals surface area contributed by atoms with Gasteiger partial charge >= 0.3 is 0 Å². The first-order chi connectivity index (χ1) is 6.59. The third kappa shape index (κ3) is 1.67. The molecule has 1 unspecified atom stereocenters. The summed E-state index contributed by atoms with van der Waals surface area (Å²) in [6.45, 7) is 0. The normalized spacial score (nSPS) is 21.6. The van der Waals surface area contributed by atoms with Crippen LogP contribution in [0.3, 0.4) is 0 Å². The first kappa shape index (κ1) is 9.68. The molecule has 1 aliphatic carbocycles. The van der Waals surface area contributed by atoms with Gasteiger partial charge in [0.2, 0.25) is 10.0 Å². The second kappa shape index (κ2) is 3.37. The first-order valence-electron chi connectivity index (χ1n) is 4.65. The van der Waals surface area contributed by atoms with Crippen LogP contribution in [-0.2, 0) is 16.4 Å². The zero-order chi connectivity index (χ0) is 10.2. The van der Waals surface area contributed by atoms with Crippen molar-refractivity contribution in [1.29, 1.82) is 0 Å². The molecule has 4 heteroatoms. The van der Waals surface area contributed by atoms with E-state index in [2.05, 4.69) is 0 Å². The zero-order valence-corrected chi connectivity index (χ0v) is 8.55. The van der Waals surface area contributed by atoms with Gasteiger partial charge in [0.1, 0.15) is 5.25 Å². The maximum Gasteiger partial charge on any atom is 0.232 e. The molecule has 1 aliphatic rings. The van der Waals surface area contributed by atoms with Gasteiger partial charge < -0.3 is 0 Å². The van der Waals surface area contributed by atoms with Crippen LogP contribution in [0.2, 0.25) is 0 Å². The van der Waals surface area contributed by atoms with Crippen LogP contribution >= 0.6 is 0 Å². The summed E-state index contributed by atoms with van der Waals surface area (Å²) in [6, 6.07) is 7.53. The van der Waals surface area contributed by atoms with Crippen molar-refractivity contribution in [2.45, 2.75) is 24.5 Å². The van der Waals surface area contributed by atoms with E-state index in [1.807, 2.05) is 24.3 Å². The Hall–Kier alpha value is -0.870. The van der Waals surface area contributed by atoms with Gasteiger partial charge in [0.05, 0.1) is 0 Å². The fraction of sp³-hybridized carbons (Fsp3) is 0.400. The lowest BCUT2D eigenvalue weighted by molar-refractivity contribution is 0.560. The van der Waals surface area contributed by atoms with Crippen molar-refractivity contribution in [3.05, 3.63) is 35.4 Å². The maximum absolute atomic E-state index is 11.2. The van der Waals surface area contributed by atoms with Gasteiger partial charge in [-0.05, 0) is 30.4 Å². The second-order valence-corrected chi connectivity index (χ2v) is 5.28. The molecule has 0 saturated heterocycles. The molecule has 1 atom stereocenters. The van der Waals surface area contributed by atoms with Crippen LogP contribution in [0.15, 0.2) is 24.3 Å². The predicted octanol–water partition coefficient (Wildman–Crippen LogP) is 1.68. The summed E-state index contributed by atoms with van der Waals surface area (Å²) in [5.74, 6) is 0. The van der Waals surface area contributed by atoms with Crippen molar-refractivity contribution in [2.75, 3.05) is 0 Å². The third-order valence-corrected chi connectivity index (χ3v) is 3.93. The number of rotatable bonds is 1. The summed E-state index contributed by atoms with van der Waals surface area (Å²) < 4.78 is 22.4. The van der Waals surface area contributed by atoms with Crippen LogP contribution in [0.25, 0.3) is 0 Å². The molecule has 1 radical (unpaired) electrons. The minimum absolute atomic E-state index is 0.586. The maximum atomic E-state index is 11.2. The average Bonchev–Trinajstić information content (AvgIpc) is 2.15. The molecule has 3 nitrogen and oxygen atoms in total. The summed E-state index contributed by atoms with van der Waals surface area (Å²) in [4.78, 5) is 0. The van der Waals surface area contributed by atoms with E-state index >= 15 is 0 Å². The molecule has 1 aromatic rings. The molecule has 0 bridgehead atoms. The zero-order valence-electron chi connectivity index (χ0n) is 7.73. The van der Waals surface area contributed by atoms with E-state index in [1.165, 1.54) is 0 Å². The summed E-state index contributed by atoms with van der Waals surface area (Å²) in [5, 5.41) is 6.53. The highest BCUT2D eigenvalue weighted by Gasteiger charge is 2.28. The van der Waals surface area contributed by atoms with Gasteiger partial charge in [-0.25, -0.2) is 8.42 Å². The van der Waals surface area contributed by atoms with Crippen LogP contribution in [0.4, 0.5) is 0 Å². The molecule has 0 aliphatic heterocycles. The highest BCUT2D eigenvalue weighted by molar-refractivity contribution is 7.89. The Labute approximate surface area is 84.0 Å². The van der Waals surface area contributed by atoms with Gasteiger partial charge in [-0.2, -0.15) is 0 Å². The van der Waals surface area contributed by atoms with E-state index in [0.29, 0.717) is 6.42 Å². The fourth-order valence-corrected chi connectivity index (χ4v) is 3.07. The van der Waals surface area contributed by atoms with E-state index in [1.54, 1.807) is 0 Å². The Morgan fingerprint density at radius 1 is 1.29 bits per heavy atom. The van der Waals surface area contributed by atoms with E-state index in [4.69, 9.17) is 5.14 Å². The molecule has 0 amide bonds. The molecule has 1 N–H and O–H groups in total. The Bertz CT molecular complexity index is 439.